The number of methoxy groups -OCH3 is 1. The van der Waals surface area contributed by atoms with Gasteiger partial charge in [-0.15, -0.1) is 0 Å². The molecule has 2 aliphatic rings. The number of carbonyl (C=O) groups is 1. The number of aliphatic hydroxyl groups is 1. The monoisotopic (exact) mass is 469 g/mol. The van der Waals surface area contributed by atoms with Crippen LogP contribution in [0.15, 0.2) is 30.3 Å². The Balaban J connectivity index is 1.61. The number of amides is 2. The van der Waals surface area contributed by atoms with Crippen LogP contribution in [-0.2, 0) is 9.47 Å². The number of nitrogens with zero attached hydrogens (tertiary/aromatic N) is 3. The Bertz CT molecular complexity index is 995. The second kappa shape index (κ2) is 11.0. The summed E-state index contributed by atoms with van der Waals surface area (Å²) in [5.41, 5.74) is 3.86. The molecule has 0 radical (unpaired) electrons. The summed E-state index contributed by atoms with van der Waals surface area (Å²) in [6.45, 7) is 8.17. The number of hydrogen-bond acceptors (Lipinski definition) is 7. The number of pyridine rings is 1. The first-order valence-electron chi connectivity index (χ1n) is 11.9. The van der Waals surface area contributed by atoms with Crippen LogP contribution in [0, 0.1) is 6.92 Å². The molecule has 2 aliphatic heterocycles. The number of rotatable bonds is 7. The van der Waals surface area contributed by atoms with E-state index in [9.17, 15) is 9.90 Å². The lowest BCUT2D eigenvalue weighted by Gasteiger charge is -2.29. The van der Waals surface area contributed by atoms with Gasteiger partial charge in [0.05, 0.1) is 25.9 Å². The van der Waals surface area contributed by atoms with Gasteiger partial charge < -0.3 is 35.0 Å². The zero-order chi connectivity index (χ0) is 24.1. The van der Waals surface area contributed by atoms with Crippen LogP contribution in [-0.4, -0.2) is 86.3 Å². The van der Waals surface area contributed by atoms with Gasteiger partial charge in [0, 0.05) is 45.0 Å². The van der Waals surface area contributed by atoms with Crippen LogP contribution in [0.5, 0.6) is 0 Å². The van der Waals surface area contributed by atoms with Crippen LogP contribution in [0.3, 0.4) is 0 Å². The molecule has 2 fully saturated rings. The molecular formula is C25H35N5O4. The fourth-order valence-corrected chi connectivity index (χ4v) is 4.32. The number of carbonyl (C=O) groups excluding carboxylic acids is 1. The molecule has 0 saturated carbocycles. The highest BCUT2D eigenvalue weighted by molar-refractivity contribution is 5.91. The van der Waals surface area contributed by atoms with Crippen molar-refractivity contribution in [3.63, 3.8) is 0 Å². The summed E-state index contributed by atoms with van der Waals surface area (Å²) in [5.74, 6) is 1.57. The molecule has 9 nitrogen and oxygen atoms in total. The van der Waals surface area contributed by atoms with Crippen LogP contribution in [0.2, 0.25) is 0 Å². The number of aryl methyl sites for hydroxylation is 1. The molecule has 2 aromatic rings. The molecule has 0 bridgehead atoms. The molecule has 2 atom stereocenters. The van der Waals surface area contributed by atoms with Gasteiger partial charge in [0.2, 0.25) is 0 Å². The molecule has 2 saturated heterocycles. The first-order chi connectivity index (χ1) is 16.5. The van der Waals surface area contributed by atoms with Crippen molar-refractivity contribution in [3.8, 4) is 11.1 Å². The Morgan fingerprint density at radius 1 is 1.26 bits per heavy atom. The average Bonchev–Trinajstić information content (AvgIpc) is 3.35. The number of hydrogen-bond donors (Lipinski definition) is 3. The quantitative estimate of drug-likeness (QED) is 0.573. The average molecular weight is 470 g/mol. The summed E-state index contributed by atoms with van der Waals surface area (Å²) in [5, 5.41) is 15.8. The van der Waals surface area contributed by atoms with E-state index in [1.807, 2.05) is 31.2 Å². The minimum Gasteiger partial charge on any atom is -0.394 e. The highest BCUT2D eigenvalue weighted by Crippen LogP contribution is 2.32. The molecule has 1 aromatic carbocycles. The van der Waals surface area contributed by atoms with Gasteiger partial charge in [0.1, 0.15) is 11.6 Å². The lowest BCUT2D eigenvalue weighted by molar-refractivity contribution is 0.111. The maximum absolute atomic E-state index is 12.8. The zero-order valence-electron chi connectivity index (χ0n) is 20.2. The van der Waals surface area contributed by atoms with Gasteiger partial charge in [0.25, 0.3) is 0 Å². The predicted octanol–water partition coefficient (Wildman–Crippen LogP) is 2.94. The molecule has 0 aliphatic carbocycles. The van der Waals surface area contributed by atoms with Crippen LogP contribution < -0.4 is 15.5 Å². The number of urea groups is 1. The van der Waals surface area contributed by atoms with Gasteiger partial charge in [0.15, 0.2) is 0 Å². The van der Waals surface area contributed by atoms with E-state index in [-0.39, 0.29) is 24.8 Å². The summed E-state index contributed by atoms with van der Waals surface area (Å²) in [6, 6.07) is 9.80. The number of aromatic nitrogens is 1. The van der Waals surface area contributed by atoms with Crippen LogP contribution >= 0.6 is 0 Å². The summed E-state index contributed by atoms with van der Waals surface area (Å²) in [6.07, 6.45) is 0.953. The fourth-order valence-electron chi connectivity index (χ4n) is 4.32. The van der Waals surface area contributed by atoms with E-state index in [0.29, 0.717) is 32.1 Å². The lowest BCUT2D eigenvalue weighted by atomic mass is 10.00. The van der Waals surface area contributed by atoms with E-state index >= 15 is 0 Å². The van der Waals surface area contributed by atoms with Crippen LogP contribution in [0.4, 0.5) is 22.1 Å². The standard InChI is InChI=1S/C25H35N5O4/c1-17-4-5-20(27-25(32)30-7-6-21(15-30)33-3)14-22(17)19-12-23(26-18(2)16-31)28-24(13-19)29-8-10-34-11-9-29/h4-5,12-14,18,21,31H,6-11,15-16H2,1-3H3,(H,26,28)(H,27,32)/t18-,21-/m1/s1. The third-order valence-electron chi connectivity index (χ3n) is 6.38. The SMILES string of the molecule is CO[C@@H]1CCN(C(=O)Nc2ccc(C)c(-c3cc(N[C@H](C)CO)nc(N4CCOCC4)c3)c2)C1. The van der Waals surface area contributed by atoms with E-state index in [4.69, 9.17) is 14.5 Å². The van der Waals surface area contributed by atoms with Crippen molar-refractivity contribution in [2.75, 3.05) is 68.6 Å². The maximum atomic E-state index is 12.8. The topological polar surface area (TPSA) is 99.2 Å². The number of anilines is 3. The summed E-state index contributed by atoms with van der Waals surface area (Å²) >= 11 is 0. The number of nitrogens with one attached hydrogen (secondary N) is 2. The normalized spacial score (nSPS) is 19.2. The zero-order valence-corrected chi connectivity index (χ0v) is 20.2. The van der Waals surface area contributed by atoms with Crippen LogP contribution in [0.25, 0.3) is 11.1 Å². The maximum Gasteiger partial charge on any atom is 0.321 e. The van der Waals surface area contributed by atoms with Crippen molar-refractivity contribution >= 4 is 23.4 Å². The minimum absolute atomic E-state index is 0.0137. The lowest BCUT2D eigenvalue weighted by Crippen LogP contribution is -2.37. The number of likely N-dealkylation sites (tertiary alicyclic amines) is 1. The molecule has 184 valence electrons. The van der Waals surface area contributed by atoms with E-state index < -0.39 is 0 Å². The third-order valence-corrected chi connectivity index (χ3v) is 6.38. The Morgan fingerprint density at radius 3 is 2.76 bits per heavy atom. The van der Waals surface area contributed by atoms with Crippen molar-refractivity contribution in [2.45, 2.75) is 32.4 Å². The molecule has 0 unspecified atom stereocenters. The first-order valence-corrected chi connectivity index (χ1v) is 11.9. The number of ether oxygens (including phenoxy) is 2. The van der Waals surface area contributed by atoms with E-state index in [2.05, 4.69) is 28.5 Å². The summed E-state index contributed by atoms with van der Waals surface area (Å²) in [7, 11) is 1.68. The van der Waals surface area contributed by atoms with Gasteiger partial charge in [-0.1, -0.05) is 6.07 Å². The molecule has 34 heavy (non-hydrogen) atoms. The highest BCUT2D eigenvalue weighted by atomic mass is 16.5. The number of aliphatic hydroxyl groups excluding tert-OH is 1. The fraction of sp³-hybridized carbons (Fsp3) is 0.520. The smallest absolute Gasteiger partial charge is 0.321 e. The number of benzene rings is 1. The Labute approximate surface area is 201 Å². The van der Waals surface area contributed by atoms with E-state index in [1.54, 1.807) is 12.0 Å². The first kappa shape index (κ1) is 24.3. The van der Waals surface area contributed by atoms with Crippen LogP contribution in [0.1, 0.15) is 18.9 Å². The molecule has 2 amide bonds. The Hall–Kier alpha value is -2.88. The Kier molecular flexibility index (Phi) is 7.87. The van der Waals surface area contributed by atoms with Gasteiger partial charge >= 0.3 is 6.03 Å². The number of morpholine rings is 1. The van der Waals surface area contributed by atoms with Crippen molar-refractivity contribution < 1.29 is 19.4 Å². The second-order valence-electron chi connectivity index (χ2n) is 8.98. The van der Waals surface area contributed by atoms with Crippen molar-refractivity contribution in [2.24, 2.45) is 0 Å². The molecule has 1 aromatic heterocycles. The largest absolute Gasteiger partial charge is 0.394 e. The minimum atomic E-state index is -0.122. The van der Waals surface area contributed by atoms with Gasteiger partial charge in [-0.05, 0) is 61.2 Å². The second-order valence-corrected chi connectivity index (χ2v) is 8.98. The van der Waals surface area contributed by atoms with Crippen molar-refractivity contribution in [1.29, 1.82) is 0 Å². The molecule has 3 heterocycles. The molecule has 9 heteroatoms. The van der Waals surface area contributed by atoms with E-state index in [0.717, 1.165) is 47.7 Å². The highest BCUT2D eigenvalue weighted by Gasteiger charge is 2.26. The van der Waals surface area contributed by atoms with E-state index in [1.165, 1.54) is 0 Å². The predicted molar refractivity (Wildman–Crippen MR) is 134 cm³/mol. The molecule has 3 N–H and O–H groups in total. The Morgan fingerprint density at radius 2 is 2.06 bits per heavy atom. The summed E-state index contributed by atoms with van der Waals surface area (Å²) < 4.78 is 10.9. The summed E-state index contributed by atoms with van der Waals surface area (Å²) in [4.78, 5) is 21.6. The molecular weight excluding hydrogens is 434 g/mol. The van der Waals surface area contributed by atoms with Crippen molar-refractivity contribution in [3.05, 3.63) is 35.9 Å². The van der Waals surface area contributed by atoms with Gasteiger partial charge in [-0.2, -0.15) is 0 Å². The third kappa shape index (κ3) is 5.78. The van der Waals surface area contributed by atoms with Gasteiger partial charge in [-0.3, -0.25) is 0 Å². The molecule has 0 spiro atoms. The molecule has 4 rings (SSSR count). The van der Waals surface area contributed by atoms with Gasteiger partial charge in [-0.25, -0.2) is 9.78 Å². The van der Waals surface area contributed by atoms with Crippen molar-refractivity contribution in [1.82, 2.24) is 9.88 Å².